The zero-order valence-electron chi connectivity index (χ0n) is 11.0. The summed E-state index contributed by atoms with van der Waals surface area (Å²) < 4.78 is 0. The summed E-state index contributed by atoms with van der Waals surface area (Å²) in [6.45, 7) is 2.63. The molecule has 2 heteroatoms. The molecule has 96 valence electrons. The highest BCUT2D eigenvalue weighted by Gasteiger charge is 2.00. The van der Waals surface area contributed by atoms with Crippen molar-refractivity contribution < 1.29 is 4.79 Å². The molecule has 0 aromatic heterocycles. The van der Waals surface area contributed by atoms with Crippen LogP contribution in [0.2, 0.25) is 0 Å². The fourth-order valence-corrected chi connectivity index (χ4v) is 1.61. The van der Waals surface area contributed by atoms with Gasteiger partial charge in [0.15, 0.2) is 0 Å². The van der Waals surface area contributed by atoms with Crippen molar-refractivity contribution in [1.82, 2.24) is 5.32 Å². The van der Waals surface area contributed by atoms with Crippen molar-refractivity contribution in [3.63, 3.8) is 0 Å². The van der Waals surface area contributed by atoms with E-state index in [9.17, 15) is 4.79 Å². The van der Waals surface area contributed by atoms with Crippen LogP contribution < -0.4 is 5.32 Å². The second kappa shape index (κ2) is 9.30. The Morgan fingerprint density at radius 2 is 1.89 bits per heavy atom. The fourth-order valence-electron chi connectivity index (χ4n) is 1.61. The molecule has 0 saturated carbocycles. The molecule has 1 amide bonds. The summed E-state index contributed by atoms with van der Waals surface area (Å²) in [6, 6.07) is 9.20. The van der Waals surface area contributed by atoms with Gasteiger partial charge in [0.25, 0.3) is 5.91 Å². The molecule has 1 rings (SSSR count). The zero-order chi connectivity index (χ0) is 13.1. The van der Waals surface area contributed by atoms with E-state index in [0.717, 1.165) is 12.8 Å². The Bertz CT molecular complexity index is 400. The normalized spacial score (nSPS) is 9.39. The molecule has 0 aliphatic rings. The SMILES string of the molecule is CCCCCCC#CCNC(=O)c1ccccc1. The van der Waals surface area contributed by atoms with Gasteiger partial charge in [0.05, 0.1) is 6.54 Å². The van der Waals surface area contributed by atoms with Gasteiger partial charge in [-0.2, -0.15) is 0 Å². The Labute approximate surface area is 110 Å². The molecule has 1 N–H and O–H groups in total. The van der Waals surface area contributed by atoms with E-state index in [1.807, 2.05) is 18.2 Å². The number of benzene rings is 1. The van der Waals surface area contributed by atoms with E-state index in [-0.39, 0.29) is 5.91 Å². The van der Waals surface area contributed by atoms with E-state index < -0.39 is 0 Å². The second-order valence-corrected chi connectivity index (χ2v) is 4.21. The van der Waals surface area contributed by atoms with Crippen molar-refractivity contribution in [2.75, 3.05) is 6.54 Å². The third-order valence-corrected chi connectivity index (χ3v) is 2.65. The van der Waals surface area contributed by atoms with E-state index in [0.29, 0.717) is 12.1 Å². The number of hydrogen-bond donors (Lipinski definition) is 1. The highest BCUT2D eigenvalue weighted by Crippen LogP contribution is 2.00. The van der Waals surface area contributed by atoms with Crippen molar-refractivity contribution in [2.24, 2.45) is 0 Å². The minimum Gasteiger partial charge on any atom is -0.341 e. The summed E-state index contributed by atoms with van der Waals surface area (Å²) >= 11 is 0. The molecule has 0 aliphatic heterocycles. The van der Waals surface area contributed by atoms with E-state index >= 15 is 0 Å². The third kappa shape index (κ3) is 6.10. The number of rotatable bonds is 6. The number of hydrogen-bond acceptors (Lipinski definition) is 1. The molecule has 0 saturated heterocycles. The van der Waals surface area contributed by atoms with E-state index in [1.165, 1.54) is 19.3 Å². The lowest BCUT2D eigenvalue weighted by Crippen LogP contribution is -2.23. The average Bonchev–Trinajstić information content (AvgIpc) is 2.42. The lowest BCUT2D eigenvalue weighted by Gasteiger charge is -2.00. The number of unbranched alkanes of at least 4 members (excludes halogenated alkanes) is 4. The minimum atomic E-state index is -0.0594. The first-order valence-electron chi connectivity index (χ1n) is 6.63. The van der Waals surface area contributed by atoms with Gasteiger partial charge >= 0.3 is 0 Å². The van der Waals surface area contributed by atoms with Crippen molar-refractivity contribution in [2.45, 2.75) is 39.0 Å². The molecule has 18 heavy (non-hydrogen) atoms. The smallest absolute Gasteiger partial charge is 0.252 e. The van der Waals surface area contributed by atoms with Crippen molar-refractivity contribution in [3.8, 4) is 11.8 Å². The van der Waals surface area contributed by atoms with Crippen LogP contribution in [0.15, 0.2) is 30.3 Å². The summed E-state index contributed by atoms with van der Waals surface area (Å²) in [4.78, 5) is 11.6. The van der Waals surface area contributed by atoms with Crippen LogP contribution in [-0.4, -0.2) is 12.5 Å². The minimum absolute atomic E-state index is 0.0594. The maximum Gasteiger partial charge on any atom is 0.252 e. The largest absolute Gasteiger partial charge is 0.341 e. The predicted octanol–water partition coefficient (Wildman–Crippen LogP) is 3.39. The monoisotopic (exact) mass is 243 g/mol. The Kier molecular flexibility index (Phi) is 7.39. The predicted molar refractivity (Wildman–Crippen MR) is 75.3 cm³/mol. The number of carbonyl (C=O) groups is 1. The Morgan fingerprint density at radius 1 is 1.11 bits per heavy atom. The van der Waals surface area contributed by atoms with Gasteiger partial charge in [-0.15, -0.1) is 5.92 Å². The van der Waals surface area contributed by atoms with E-state index in [1.54, 1.807) is 12.1 Å². The highest BCUT2D eigenvalue weighted by molar-refractivity contribution is 5.94. The molecule has 2 nitrogen and oxygen atoms in total. The molecular weight excluding hydrogens is 222 g/mol. The number of amides is 1. The topological polar surface area (TPSA) is 29.1 Å². The van der Waals surface area contributed by atoms with Crippen LogP contribution in [-0.2, 0) is 0 Å². The van der Waals surface area contributed by atoms with Crippen molar-refractivity contribution >= 4 is 5.91 Å². The quantitative estimate of drug-likeness (QED) is 0.602. The molecule has 1 aromatic rings. The lowest BCUT2D eigenvalue weighted by atomic mass is 10.2. The molecular formula is C16H21NO. The second-order valence-electron chi connectivity index (χ2n) is 4.21. The van der Waals surface area contributed by atoms with Gasteiger partial charge in [0.2, 0.25) is 0 Å². The zero-order valence-corrected chi connectivity index (χ0v) is 11.0. The summed E-state index contributed by atoms with van der Waals surface area (Å²) in [7, 11) is 0. The fraction of sp³-hybridized carbons (Fsp3) is 0.438. The maximum atomic E-state index is 11.6. The molecule has 0 aliphatic carbocycles. The Balaban J connectivity index is 2.14. The average molecular weight is 243 g/mol. The first-order chi connectivity index (χ1) is 8.84. The van der Waals surface area contributed by atoms with Crippen LogP contribution in [0.25, 0.3) is 0 Å². The molecule has 0 spiro atoms. The van der Waals surface area contributed by atoms with Crippen molar-refractivity contribution in [3.05, 3.63) is 35.9 Å². The van der Waals surface area contributed by atoms with Crippen LogP contribution in [0.1, 0.15) is 49.4 Å². The van der Waals surface area contributed by atoms with Gasteiger partial charge < -0.3 is 5.32 Å². The summed E-state index contributed by atoms with van der Waals surface area (Å²) in [6.07, 6.45) is 5.88. The van der Waals surface area contributed by atoms with Crippen LogP contribution in [0.4, 0.5) is 0 Å². The van der Waals surface area contributed by atoms with E-state index in [2.05, 4.69) is 24.1 Å². The van der Waals surface area contributed by atoms with Gasteiger partial charge in [-0.05, 0) is 18.6 Å². The molecule has 0 heterocycles. The lowest BCUT2D eigenvalue weighted by molar-refractivity contribution is 0.0958. The van der Waals surface area contributed by atoms with Crippen LogP contribution >= 0.6 is 0 Å². The third-order valence-electron chi connectivity index (χ3n) is 2.65. The molecule has 0 unspecified atom stereocenters. The molecule has 0 fully saturated rings. The van der Waals surface area contributed by atoms with Gasteiger partial charge in [-0.25, -0.2) is 0 Å². The maximum absolute atomic E-state index is 11.6. The summed E-state index contributed by atoms with van der Waals surface area (Å²) in [5.74, 6) is 6.01. The first kappa shape index (κ1) is 14.3. The molecule has 0 bridgehead atoms. The Hall–Kier alpha value is -1.75. The van der Waals surface area contributed by atoms with Crippen LogP contribution in [0, 0.1) is 11.8 Å². The first-order valence-corrected chi connectivity index (χ1v) is 6.63. The van der Waals surface area contributed by atoms with Gasteiger partial charge in [0, 0.05) is 12.0 Å². The van der Waals surface area contributed by atoms with Gasteiger partial charge in [-0.1, -0.05) is 50.3 Å². The van der Waals surface area contributed by atoms with Gasteiger partial charge in [0.1, 0.15) is 0 Å². The van der Waals surface area contributed by atoms with Crippen molar-refractivity contribution in [1.29, 1.82) is 0 Å². The number of nitrogens with one attached hydrogen (secondary N) is 1. The summed E-state index contributed by atoms with van der Waals surface area (Å²) in [5.41, 5.74) is 0.683. The summed E-state index contributed by atoms with van der Waals surface area (Å²) in [5, 5.41) is 2.79. The Morgan fingerprint density at radius 3 is 2.61 bits per heavy atom. The highest BCUT2D eigenvalue weighted by atomic mass is 16.1. The molecule has 0 atom stereocenters. The van der Waals surface area contributed by atoms with Gasteiger partial charge in [-0.3, -0.25) is 4.79 Å². The van der Waals surface area contributed by atoms with Crippen LogP contribution in [0.3, 0.4) is 0 Å². The van der Waals surface area contributed by atoms with Crippen LogP contribution in [0.5, 0.6) is 0 Å². The molecule has 1 aromatic carbocycles. The van der Waals surface area contributed by atoms with E-state index in [4.69, 9.17) is 0 Å². The number of carbonyl (C=O) groups excluding carboxylic acids is 1. The molecule has 0 radical (unpaired) electrons. The standard InChI is InChI=1S/C16H21NO/c1-2-3-4-5-6-7-11-14-17-16(18)15-12-9-8-10-13-15/h8-10,12-13H,2-6,14H2,1H3,(H,17,18).